The van der Waals surface area contributed by atoms with Crippen LogP contribution in [0.25, 0.3) is 0 Å². The van der Waals surface area contributed by atoms with Crippen LogP contribution in [0, 0.1) is 0 Å². The first kappa shape index (κ1) is 23.6. The first-order chi connectivity index (χ1) is 16.8. The lowest BCUT2D eigenvalue weighted by molar-refractivity contribution is 0.101. The van der Waals surface area contributed by atoms with E-state index in [-0.39, 0.29) is 23.3 Å². The molecule has 0 aliphatic heterocycles. The second kappa shape index (κ2) is 9.73. The summed E-state index contributed by atoms with van der Waals surface area (Å²) in [5, 5.41) is 26.3. The van der Waals surface area contributed by atoms with Crippen molar-refractivity contribution in [3.63, 3.8) is 0 Å². The zero-order chi connectivity index (χ0) is 25.0. The van der Waals surface area contributed by atoms with Gasteiger partial charge in [-0.3, -0.25) is 9.59 Å². The van der Waals surface area contributed by atoms with Gasteiger partial charge in [0.25, 0.3) is 11.8 Å². The number of benzene rings is 4. The predicted molar refractivity (Wildman–Crippen MR) is 137 cm³/mol. The molecular formula is C29H26N2O4. The van der Waals surface area contributed by atoms with Crippen molar-refractivity contribution in [3.8, 4) is 11.5 Å². The third kappa shape index (κ3) is 5.17. The number of phenolic OH excluding ortho intramolecular Hbond substituents is 2. The Labute approximate surface area is 203 Å². The molecule has 0 aliphatic rings. The molecule has 6 heteroatoms. The van der Waals surface area contributed by atoms with Gasteiger partial charge in [0.05, 0.1) is 11.4 Å². The van der Waals surface area contributed by atoms with Crippen molar-refractivity contribution >= 4 is 23.2 Å². The van der Waals surface area contributed by atoms with Crippen LogP contribution < -0.4 is 10.6 Å². The highest BCUT2D eigenvalue weighted by Crippen LogP contribution is 2.38. The van der Waals surface area contributed by atoms with Crippen LogP contribution in [-0.2, 0) is 5.41 Å². The lowest BCUT2D eigenvalue weighted by Crippen LogP contribution is -2.20. The normalized spacial score (nSPS) is 11.0. The number of hydrogen-bond acceptors (Lipinski definition) is 4. The van der Waals surface area contributed by atoms with Gasteiger partial charge in [0.1, 0.15) is 11.5 Å². The molecule has 0 radical (unpaired) electrons. The molecule has 0 fully saturated rings. The summed E-state index contributed by atoms with van der Waals surface area (Å²) in [6.07, 6.45) is 0. The van der Waals surface area contributed by atoms with Crippen LogP contribution in [0.1, 0.15) is 45.7 Å². The minimum atomic E-state index is -0.583. The van der Waals surface area contributed by atoms with Crippen LogP contribution in [0.5, 0.6) is 11.5 Å². The molecule has 4 aromatic rings. The van der Waals surface area contributed by atoms with Crippen molar-refractivity contribution in [3.05, 3.63) is 119 Å². The van der Waals surface area contributed by atoms with Crippen LogP contribution in [0.2, 0.25) is 0 Å². The van der Waals surface area contributed by atoms with E-state index in [2.05, 4.69) is 10.6 Å². The Bertz CT molecular complexity index is 1260. The zero-order valence-electron chi connectivity index (χ0n) is 19.4. The van der Waals surface area contributed by atoms with Gasteiger partial charge in [-0.1, -0.05) is 62.4 Å². The molecule has 0 saturated carbocycles. The number of carbonyl (C=O) groups is 2. The summed E-state index contributed by atoms with van der Waals surface area (Å²) in [7, 11) is 0. The minimum absolute atomic E-state index is 0.0460. The summed E-state index contributed by atoms with van der Waals surface area (Å²) in [5.41, 5.74) is 2.61. The number of phenols is 2. The van der Waals surface area contributed by atoms with Crippen molar-refractivity contribution in [1.82, 2.24) is 0 Å². The highest BCUT2D eigenvalue weighted by atomic mass is 16.3. The highest BCUT2D eigenvalue weighted by molar-refractivity contribution is 6.05. The van der Waals surface area contributed by atoms with E-state index in [1.807, 2.05) is 26.0 Å². The molecule has 176 valence electrons. The van der Waals surface area contributed by atoms with E-state index < -0.39 is 5.41 Å². The molecule has 6 nitrogen and oxygen atoms in total. The van der Waals surface area contributed by atoms with Gasteiger partial charge in [-0.15, -0.1) is 0 Å². The summed E-state index contributed by atoms with van der Waals surface area (Å²) in [6, 6.07) is 27.6. The van der Waals surface area contributed by atoms with Gasteiger partial charge in [-0.05, 0) is 59.7 Å². The third-order valence-corrected chi connectivity index (χ3v) is 6.00. The van der Waals surface area contributed by atoms with Crippen LogP contribution in [0.4, 0.5) is 11.4 Å². The average Bonchev–Trinajstić information content (AvgIpc) is 2.87. The second-order valence-electron chi connectivity index (χ2n) is 8.73. The standard InChI is InChI=1S/C29H26N2O4/c1-29(2,21-13-15-25(32)23(17-21)30-27(34)19-9-5-3-6-10-19)22-14-16-26(33)24(18-22)31-28(35)20-11-7-4-8-12-20/h3-18,32-33H,1-2H3,(H,30,34)(H,31,35). The topological polar surface area (TPSA) is 98.7 Å². The maximum atomic E-state index is 12.6. The molecule has 0 heterocycles. The van der Waals surface area contributed by atoms with E-state index in [1.165, 1.54) is 12.1 Å². The largest absolute Gasteiger partial charge is 0.506 e. The number of nitrogens with one attached hydrogen (secondary N) is 2. The maximum absolute atomic E-state index is 12.6. The van der Waals surface area contributed by atoms with Gasteiger partial charge >= 0.3 is 0 Å². The Morgan fingerprint density at radius 2 is 0.971 bits per heavy atom. The lowest BCUT2D eigenvalue weighted by Gasteiger charge is -2.27. The smallest absolute Gasteiger partial charge is 0.255 e. The molecule has 0 bridgehead atoms. The van der Waals surface area contributed by atoms with E-state index >= 15 is 0 Å². The SMILES string of the molecule is CC(C)(c1ccc(O)c(NC(=O)c2ccccc2)c1)c1ccc(O)c(NC(=O)c2ccccc2)c1. The molecule has 0 unspecified atom stereocenters. The fourth-order valence-electron chi connectivity index (χ4n) is 3.78. The van der Waals surface area contributed by atoms with Crippen LogP contribution in [-0.4, -0.2) is 22.0 Å². The molecule has 0 atom stereocenters. The minimum Gasteiger partial charge on any atom is -0.506 e. The summed E-state index contributed by atoms with van der Waals surface area (Å²) < 4.78 is 0. The number of rotatable bonds is 6. The third-order valence-electron chi connectivity index (χ3n) is 6.00. The van der Waals surface area contributed by atoms with Crippen molar-refractivity contribution in [2.24, 2.45) is 0 Å². The highest BCUT2D eigenvalue weighted by Gasteiger charge is 2.26. The van der Waals surface area contributed by atoms with Crippen LogP contribution in [0.15, 0.2) is 97.1 Å². The number of aromatic hydroxyl groups is 2. The van der Waals surface area contributed by atoms with E-state index in [1.54, 1.807) is 72.8 Å². The molecule has 4 rings (SSSR count). The van der Waals surface area contributed by atoms with Gasteiger partial charge in [0, 0.05) is 16.5 Å². The number of carbonyl (C=O) groups excluding carboxylic acids is 2. The van der Waals surface area contributed by atoms with Crippen molar-refractivity contribution < 1.29 is 19.8 Å². The summed E-state index contributed by atoms with van der Waals surface area (Å²) in [6.45, 7) is 3.97. The maximum Gasteiger partial charge on any atom is 0.255 e. The van der Waals surface area contributed by atoms with Crippen LogP contribution >= 0.6 is 0 Å². The first-order valence-corrected chi connectivity index (χ1v) is 11.2. The van der Waals surface area contributed by atoms with Gasteiger partial charge in [0.2, 0.25) is 0 Å². The summed E-state index contributed by atoms with van der Waals surface area (Å²) >= 11 is 0. The van der Waals surface area contributed by atoms with E-state index in [4.69, 9.17) is 0 Å². The fraction of sp³-hybridized carbons (Fsp3) is 0.103. The van der Waals surface area contributed by atoms with Crippen LogP contribution in [0.3, 0.4) is 0 Å². The molecule has 35 heavy (non-hydrogen) atoms. The Hall–Kier alpha value is -4.58. The molecule has 0 aromatic heterocycles. The lowest BCUT2D eigenvalue weighted by atomic mass is 9.77. The molecule has 4 aromatic carbocycles. The van der Waals surface area contributed by atoms with E-state index in [0.717, 1.165) is 11.1 Å². The van der Waals surface area contributed by atoms with Crippen molar-refractivity contribution in [2.45, 2.75) is 19.3 Å². The van der Waals surface area contributed by atoms with Gasteiger partial charge in [-0.25, -0.2) is 0 Å². The molecule has 2 amide bonds. The fourth-order valence-corrected chi connectivity index (χ4v) is 3.78. The van der Waals surface area contributed by atoms with Crippen molar-refractivity contribution in [2.75, 3.05) is 10.6 Å². The quantitative estimate of drug-likeness (QED) is 0.265. The number of amides is 2. The second-order valence-corrected chi connectivity index (χ2v) is 8.73. The van der Waals surface area contributed by atoms with Crippen molar-refractivity contribution in [1.29, 1.82) is 0 Å². The molecule has 0 spiro atoms. The van der Waals surface area contributed by atoms with Gasteiger partial charge in [-0.2, -0.15) is 0 Å². The molecule has 4 N–H and O–H groups in total. The Kier molecular flexibility index (Phi) is 6.55. The summed E-state index contributed by atoms with van der Waals surface area (Å²) in [5.74, 6) is -0.747. The Balaban J connectivity index is 1.62. The molecule has 0 aliphatic carbocycles. The average molecular weight is 467 g/mol. The molecule has 0 saturated heterocycles. The van der Waals surface area contributed by atoms with E-state index in [9.17, 15) is 19.8 Å². The van der Waals surface area contributed by atoms with Gasteiger partial charge < -0.3 is 20.8 Å². The monoisotopic (exact) mass is 466 g/mol. The van der Waals surface area contributed by atoms with E-state index in [0.29, 0.717) is 22.5 Å². The number of anilines is 2. The first-order valence-electron chi connectivity index (χ1n) is 11.2. The van der Waals surface area contributed by atoms with Gasteiger partial charge in [0.15, 0.2) is 0 Å². The Morgan fingerprint density at radius 3 is 1.34 bits per heavy atom. The summed E-state index contributed by atoms with van der Waals surface area (Å²) in [4.78, 5) is 25.2. The Morgan fingerprint density at radius 1 is 0.600 bits per heavy atom. The molecular weight excluding hydrogens is 440 g/mol. The number of hydrogen-bond donors (Lipinski definition) is 4. The zero-order valence-corrected chi connectivity index (χ0v) is 19.4. The predicted octanol–water partition coefficient (Wildman–Crippen LogP) is 5.93.